The molecule has 11 atom stereocenters. The van der Waals surface area contributed by atoms with Crippen LogP contribution in [0.2, 0.25) is 0 Å². The number of hydrogen-bond donors (Lipinski definition) is 0. The maximum atomic E-state index is 14.5. The first-order valence-corrected chi connectivity index (χ1v) is 16.3. The van der Waals surface area contributed by atoms with Gasteiger partial charge in [-0.2, -0.15) is 4.39 Å². The lowest BCUT2D eigenvalue weighted by molar-refractivity contribution is -0.253. The van der Waals surface area contributed by atoms with Gasteiger partial charge in [-0.3, -0.25) is 9.59 Å². The molecule has 3 saturated heterocycles. The largest absolute Gasteiger partial charge is 0.454 e. The molecule has 6 rings (SSSR count). The van der Waals surface area contributed by atoms with Gasteiger partial charge < -0.3 is 28.4 Å². The Hall–Kier alpha value is -1.78. The molecule has 6 fully saturated rings. The summed E-state index contributed by atoms with van der Waals surface area (Å²) in [4.78, 5) is 38.9. The van der Waals surface area contributed by atoms with E-state index in [1.807, 2.05) is 6.92 Å². The van der Waals surface area contributed by atoms with Crippen molar-refractivity contribution in [3.8, 4) is 0 Å². The maximum absolute atomic E-state index is 14.5. The molecule has 242 valence electrons. The molecule has 3 saturated carbocycles. The molecule has 0 aromatic carbocycles. The van der Waals surface area contributed by atoms with E-state index in [9.17, 15) is 18.8 Å². The Morgan fingerprint density at radius 2 is 1.58 bits per heavy atom. The summed E-state index contributed by atoms with van der Waals surface area (Å²) in [6.45, 7) is 16.7. The molecular formula is C33H49FO9. The second-order valence-electron chi connectivity index (χ2n) is 16.3. The smallest absolute Gasteiger partial charge is 0.350 e. The van der Waals surface area contributed by atoms with Gasteiger partial charge in [0.05, 0.1) is 11.8 Å². The second kappa shape index (κ2) is 10.4. The predicted octanol–water partition coefficient (Wildman–Crippen LogP) is 5.47. The number of esters is 3. The number of fused-ring (bicyclic) bond motifs is 4. The quantitative estimate of drug-likeness (QED) is 0.287. The first-order valence-electron chi connectivity index (χ1n) is 16.3. The van der Waals surface area contributed by atoms with E-state index < -0.39 is 60.2 Å². The molecule has 0 N–H and O–H groups in total. The van der Waals surface area contributed by atoms with E-state index >= 15 is 0 Å². The lowest BCUT2D eigenvalue weighted by Gasteiger charge is -2.69. The molecule has 3 heterocycles. The van der Waals surface area contributed by atoms with Crippen LogP contribution in [-0.4, -0.2) is 60.3 Å². The van der Waals surface area contributed by atoms with Crippen LogP contribution in [0, 0.1) is 46.3 Å². The first kappa shape index (κ1) is 31.2. The molecule has 0 aromatic heterocycles. The molecule has 43 heavy (non-hydrogen) atoms. The monoisotopic (exact) mass is 608 g/mol. The van der Waals surface area contributed by atoms with Crippen LogP contribution in [0.1, 0.15) is 100 Å². The predicted molar refractivity (Wildman–Crippen MR) is 151 cm³/mol. The Balaban J connectivity index is 1.03. The van der Waals surface area contributed by atoms with Gasteiger partial charge in [-0.25, -0.2) is 4.79 Å². The average Bonchev–Trinajstić information content (AvgIpc) is 3.46. The standard InChI is InChI=1S/C33H49FO9/c1-9-12-32(8,34)42-26(35)16-10-13-33(14-11-16)41-25-23-22(40-29(25)43-33)24(28(37)38-23)39-27(36)18-15-17-19(18)21(31(5,6)7)20(17)30(2,3)4/h16-25,29H,9-15H2,1-8H3. The third kappa shape index (κ3) is 5.31. The molecule has 0 aromatic rings. The molecule has 10 heteroatoms. The van der Waals surface area contributed by atoms with Crippen LogP contribution in [-0.2, 0) is 42.8 Å². The minimum Gasteiger partial charge on any atom is -0.454 e. The third-order valence-electron chi connectivity index (χ3n) is 11.1. The summed E-state index contributed by atoms with van der Waals surface area (Å²) in [6.07, 6.45) is -0.976. The Bertz CT molecular complexity index is 1130. The number of hydrogen-bond acceptors (Lipinski definition) is 9. The number of alkyl halides is 1. The number of carbonyl (C=O) groups excluding carboxylic acids is 3. The number of rotatable bonds is 6. The van der Waals surface area contributed by atoms with Gasteiger partial charge >= 0.3 is 17.9 Å². The van der Waals surface area contributed by atoms with Crippen LogP contribution in [0.15, 0.2) is 0 Å². The molecule has 3 aliphatic heterocycles. The third-order valence-corrected chi connectivity index (χ3v) is 11.1. The maximum Gasteiger partial charge on any atom is 0.350 e. The van der Waals surface area contributed by atoms with E-state index in [0.717, 1.165) is 6.42 Å². The van der Waals surface area contributed by atoms with Crippen LogP contribution < -0.4 is 0 Å². The Morgan fingerprint density at radius 3 is 2.19 bits per heavy atom. The second-order valence-corrected chi connectivity index (χ2v) is 16.3. The minimum atomic E-state index is -1.98. The highest BCUT2D eigenvalue weighted by atomic mass is 19.2. The van der Waals surface area contributed by atoms with Crippen molar-refractivity contribution in [3.05, 3.63) is 0 Å². The van der Waals surface area contributed by atoms with E-state index in [1.54, 1.807) is 0 Å². The van der Waals surface area contributed by atoms with Crippen LogP contribution in [0.3, 0.4) is 0 Å². The molecule has 11 unspecified atom stereocenters. The zero-order valence-corrected chi connectivity index (χ0v) is 26.9. The highest BCUT2D eigenvalue weighted by Gasteiger charge is 2.69. The van der Waals surface area contributed by atoms with Crippen LogP contribution >= 0.6 is 0 Å². The van der Waals surface area contributed by atoms with Crippen LogP contribution in [0.25, 0.3) is 0 Å². The van der Waals surface area contributed by atoms with Crippen molar-refractivity contribution in [2.45, 2.75) is 143 Å². The highest BCUT2D eigenvalue weighted by Crippen LogP contribution is 2.70. The fourth-order valence-electron chi connectivity index (χ4n) is 9.24. The lowest BCUT2D eigenvalue weighted by Crippen LogP contribution is -2.67. The summed E-state index contributed by atoms with van der Waals surface area (Å²) in [7, 11) is 0. The lowest BCUT2D eigenvalue weighted by atomic mass is 9.34. The zero-order chi connectivity index (χ0) is 31.3. The van der Waals surface area contributed by atoms with E-state index in [1.165, 1.54) is 6.92 Å². The summed E-state index contributed by atoms with van der Waals surface area (Å²) in [5.74, 6) is -3.42. The number of carbonyl (C=O) groups is 3. The van der Waals surface area contributed by atoms with Gasteiger partial charge in [0.15, 0.2) is 24.3 Å². The molecule has 6 aliphatic rings. The average molecular weight is 609 g/mol. The minimum absolute atomic E-state index is 0.0639. The summed E-state index contributed by atoms with van der Waals surface area (Å²) < 4.78 is 49.7. The van der Waals surface area contributed by atoms with Crippen molar-refractivity contribution in [1.29, 1.82) is 0 Å². The Morgan fingerprint density at radius 1 is 0.930 bits per heavy atom. The summed E-state index contributed by atoms with van der Waals surface area (Å²) in [5, 5.41) is 0. The molecule has 9 nitrogen and oxygen atoms in total. The van der Waals surface area contributed by atoms with Crippen molar-refractivity contribution < 1.29 is 47.2 Å². The van der Waals surface area contributed by atoms with Crippen molar-refractivity contribution in [2.75, 3.05) is 0 Å². The summed E-state index contributed by atoms with van der Waals surface area (Å²) in [6, 6.07) is 0. The first-order chi connectivity index (χ1) is 19.9. The van der Waals surface area contributed by atoms with Gasteiger partial charge in [0.1, 0.15) is 6.10 Å². The van der Waals surface area contributed by atoms with Gasteiger partial charge in [-0.15, -0.1) is 0 Å². The van der Waals surface area contributed by atoms with E-state index in [2.05, 4.69) is 41.5 Å². The van der Waals surface area contributed by atoms with E-state index in [4.69, 9.17) is 28.4 Å². The van der Waals surface area contributed by atoms with Gasteiger partial charge in [-0.1, -0.05) is 48.5 Å². The van der Waals surface area contributed by atoms with Crippen molar-refractivity contribution in [1.82, 2.24) is 0 Å². The number of ether oxygens (including phenoxy) is 6. The zero-order valence-electron chi connectivity index (χ0n) is 26.9. The summed E-state index contributed by atoms with van der Waals surface area (Å²) >= 11 is 0. The van der Waals surface area contributed by atoms with Crippen LogP contribution in [0.4, 0.5) is 4.39 Å². The fraction of sp³-hybridized carbons (Fsp3) is 0.909. The Kier molecular flexibility index (Phi) is 7.53. The fourth-order valence-corrected chi connectivity index (χ4v) is 9.24. The van der Waals surface area contributed by atoms with Gasteiger partial charge in [0.2, 0.25) is 12.0 Å². The van der Waals surface area contributed by atoms with Gasteiger partial charge in [-0.05, 0) is 60.2 Å². The molecule has 3 aliphatic carbocycles. The van der Waals surface area contributed by atoms with Gasteiger partial charge in [0, 0.05) is 26.2 Å². The van der Waals surface area contributed by atoms with Crippen molar-refractivity contribution >= 4 is 17.9 Å². The topological polar surface area (TPSA) is 107 Å². The van der Waals surface area contributed by atoms with E-state index in [0.29, 0.717) is 49.9 Å². The summed E-state index contributed by atoms with van der Waals surface area (Å²) in [5.41, 5.74) is 0.227. The SMILES string of the molecule is CCCC(C)(F)OC(=O)C1CCC2(CC1)OC1OC3C(OC(=O)C4CC5C4C(C(C)(C)C)C5C(C)(C)C)C(=O)OC3C1O2. The molecular weight excluding hydrogens is 559 g/mol. The number of halogens is 1. The van der Waals surface area contributed by atoms with E-state index in [-0.39, 0.29) is 35.1 Å². The molecule has 1 spiro atoms. The molecule has 0 bridgehead atoms. The molecule has 0 radical (unpaired) electrons. The highest BCUT2D eigenvalue weighted by molar-refractivity contribution is 5.83. The normalized spacial score (nSPS) is 44.8. The van der Waals surface area contributed by atoms with Crippen molar-refractivity contribution in [3.63, 3.8) is 0 Å². The van der Waals surface area contributed by atoms with Gasteiger partial charge in [0.25, 0.3) is 0 Å². The Labute approximate surface area is 254 Å². The van der Waals surface area contributed by atoms with Crippen LogP contribution in [0.5, 0.6) is 0 Å². The van der Waals surface area contributed by atoms with Crippen molar-refractivity contribution in [2.24, 2.45) is 46.3 Å². The molecule has 0 amide bonds.